The van der Waals surface area contributed by atoms with Gasteiger partial charge in [-0.1, -0.05) is 0 Å². The summed E-state index contributed by atoms with van der Waals surface area (Å²) in [7, 11) is 0. The quantitative estimate of drug-likeness (QED) is 0.934. The number of benzene rings is 1. The van der Waals surface area contributed by atoms with Gasteiger partial charge in [-0.2, -0.15) is 9.37 Å². The van der Waals surface area contributed by atoms with Crippen LogP contribution < -0.4 is 10.1 Å². The van der Waals surface area contributed by atoms with Crippen LogP contribution in [0.1, 0.15) is 13.8 Å². The second-order valence-corrected chi connectivity index (χ2v) is 4.26. The van der Waals surface area contributed by atoms with Gasteiger partial charge in [0.1, 0.15) is 18.0 Å². The Hall–Kier alpha value is -2.31. The highest BCUT2D eigenvalue weighted by Crippen LogP contribution is 2.25. The van der Waals surface area contributed by atoms with Crippen LogP contribution >= 0.6 is 0 Å². The van der Waals surface area contributed by atoms with Crippen molar-refractivity contribution in [2.24, 2.45) is 0 Å². The predicted molar refractivity (Wildman–Crippen MR) is 67.4 cm³/mol. The van der Waals surface area contributed by atoms with E-state index in [0.717, 1.165) is 18.5 Å². The summed E-state index contributed by atoms with van der Waals surface area (Å²) in [6.45, 7) is 3.43. The number of nitrogens with one attached hydrogen (secondary N) is 1. The number of anilines is 2. The molecule has 0 atom stereocenters. The van der Waals surface area contributed by atoms with Gasteiger partial charge >= 0.3 is 0 Å². The van der Waals surface area contributed by atoms with Crippen molar-refractivity contribution >= 4 is 11.5 Å². The van der Waals surface area contributed by atoms with Crippen molar-refractivity contribution < 1.29 is 17.9 Å². The molecule has 4 nitrogen and oxygen atoms in total. The van der Waals surface area contributed by atoms with Gasteiger partial charge < -0.3 is 10.1 Å². The second kappa shape index (κ2) is 5.77. The molecule has 0 aliphatic rings. The van der Waals surface area contributed by atoms with Crippen LogP contribution in [-0.2, 0) is 0 Å². The highest BCUT2D eigenvalue weighted by Gasteiger charge is 2.15. The third-order valence-corrected chi connectivity index (χ3v) is 2.29. The SMILES string of the molecule is CC(C)Oc1ncnc(Nc2ccc(F)cc2F)c1F. The molecule has 1 aromatic carbocycles. The molecule has 2 aromatic rings. The molecule has 0 bridgehead atoms. The Bertz CT molecular complexity index is 620. The van der Waals surface area contributed by atoms with E-state index in [1.165, 1.54) is 0 Å². The first-order valence-electron chi connectivity index (χ1n) is 5.86. The van der Waals surface area contributed by atoms with E-state index in [4.69, 9.17) is 4.74 Å². The molecule has 1 heterocycles. The number of halogens is 3. The van der Waals surface area contributed by atoms with Crippen molar-refractivity contribution in [1.82, 2.24) is 9.97 Å². The van der Waals surface area contributed by atoms with Crippen LogP contribution in [0, 0.1) is 17.5 Å². The first-order valence-corrected chi connectivity index (χ1v) is 5.86. The molecule has 0 unspecified atom stereocenters. The third kappa shape index (κ3) is 3.17. The van der Waals surface area contributed by atoms with Crippen molar-refractivity contribution in [2.75, 3.05) is 5.32 Å². The monoisotopic (exact) mass is 283 g/mol. The Kier molecular flexibility index (Phi) is 4.07. The second-order valence-electron chi connectivity index (χ2n) is 4.26. The lowest BCUT2D eigenvalue weighted by atomic mass is 10.3. The van der Waals surface area contributed by atoms with Crippen LogP contribution in [0.2, 0.25) is 0 Å². The lowest BCUT2D eigenvalue weighted by molar-refractivity contribution is 0.220. The summed E-state index contributed by atoms with van der Waals surface area (Å²) in [5, 5.41) is 2.43. The molecule has 0 amide bonds. The number of hydrogen-bond acceptors (Lipinski definition) is 4. The van der Waals surface area contributed by atoms with Crippen molar-refractivity contribution in [3.05, 3.63) is 42.0 Å². The zero-order valence-electron chi connectivity index (χ0n) is 10.8. The highest BCUT2D eigenvalue weighted by atomic mass is 19.1. The molecule has 0 radical (unpaired) electrons. The number of nitrogens with zero attached hydrogens (tertiary/aromatic N) is 2. The molecule has 7 heteroatoms. The van der Waals surface area contributed by atoms with Gasteiger partial charge in [-0.3, -0.25) is 0 Å². The fraction of sp³-hybridized carbons (Fsp3) is 0.231. The van der Waals surface area contributed by atoms with Gasteiger partial charge in [-0.15, -0.1) is 0 Å². The topological polar surface area (TPSA) is 47.0 Å². The zero-order valence-corrected chi connectivity index (χ0v) is 10.8. The van der Waals surface area contributed by atoms with E-state index in [-0.39, 0.29) is 23.5 Å². The number of ether oxygens (including phenoxy) is 1. The van der Waals surface area contributed by atoms with Crippen LogP contribution in [0.15, 0.2) is 24.5 Å². The summed E-state index contributed by atoms with van der Waals surface area (Å²) < 4.78 is 45.4. The van der Waals surface area contributed by atoms with E-state index in [2.05, 4.69) is 15.3 Å². The standard InChI is InChI=1S/C13H12F3N3O/c1-7(2)20-13-11(16)12(17-6-18-13)19-10-4-3-8(14)5-9(10)15/h3-7H,1-2H3,(H,17,18,19). The van der Waals surface area contributed by atoms with Gasteiger partial charge in [0, 0.05) is 6.07 Å². The van der Waals surface area contributed by atoms with E-state index in [0.29, 0.717) is 6.07 Å². The van der Waals surface area contributed by atoms with Crippen molar-refractivity contribution in [3.8, 4) is 5.88 Å². The van der Waals surface area contributed by atoms with E-state index in [1.54, 1.807) is 13.8 Å². The molecule has 1 N–H and O–H groups in total. The number of aromatic nitrogens is 2. The summed E-state index contributed by atoms with van der Waals surface area (Å²) in [4.78, 5) is 7.32. The van der Waals surface area contributed by atoms with Crippen LogP contribution in [0.25, 0.3) is 0 Å². The summed E-state index contributed by atoms with van der Waals surface area (Å²) >= 11 is 0. The van der Waals surface area contributed by atoms with Crippen LogP contribution in [-0.4, -0.2) is 16.1 Å². The van der Waals surface area contributed by atoms with E-state index < -0.39 is 17.5 Å². The first-order chi connectivity index (χ1) is 9.47. The normalized spacial score (nSPS) is 10.7. The molecule has 1 aromatic heterocycles. The van der Waals surface area contributed by atoms with Gasteiger partial charge in [0.15, 0.2) is 5.82 Å². The van der Waals surface area contributed by atoms with E-state index in [1.807, 2.05) is 0 Å². The molecule has 20 heavy (non-hydrogen) atoms. The van der Waals surface area contributed by atoms with Gasteiger partial charge in [0.25, 0.3) is 5.88 Å². The summed E-state index contributed by atoms with van der Waals surface area (Å²) in [5.74, 6) is -2.90. The molecule has 0 spiro atoms. The highest BCUT2D eigenvalue weighted by molar-refractivity contribution is 5.58. The maximum atomic E-state index is 14.0. The smallest absolute Gasteiger partial charge is 0.256 e. The van der Waals surface area contributed by atoms with Crippen molar-refractivity contribution in [3.63, 3.8) is 0 Å². The Labute approximate surface area is 113 Å². The average Bonchev–Trinajstić information content (AvgIpc) is 2.36. The average molecular weight is 283 g/mol. The molecule has 0 aliphatic heterocycles. The van der Waals surface area contributed by atoms with E-state index >= 15 is 0 Å². The van der Waals surface area contributed by atoms with Gasteiger partial charge in [-0.25, -0.2) is 13.8 Å². The zero-order chi connectivity index (χ0) is 14.7. The fourth-order valence-corrected chi connectivity index (χ4v) is 1.46. The number of hydrogen-bond donors (Lipinski definition) is 1. The molecule has 0 saturated carbocycles. The van der Waals surface area contributed by atoms with Crippen LogP contribution in [0.4, 0.5) is 24.7 Å². The minimum Gasteiger partial charge on any atom is -0.473 e. The summed E-state index contributed by atoms with van der Waals surface area (Å²) in [5.41, 5.74) is -0.0977. The molecule has 0 fully saturated rings. The van der Waals surface area contributed by atoms with Crippen molar-refractivity contribution in [2.45, 2.75) is 20.0 Å². The first kappa shape index (κ1) is 14.1. The molecular formula is C13H12F3N3O. The van der Waals surface area contributed by atoms with Gasteiger partial charge in [-0.05, 0) is 26.0 Å². The third-order valence-electron chi connectivity index (χ3n) is 2.29. The molecule has 106 valence electrons. The lowest BCUT2D eigenvalue weighted by Crippen LogP contribution is -2.10. The largest absolute Gasteiger partial charge is 0.473 e. The van der Waals surface area contributed by atoms with Crippen LogP contribution in [0.3, 0.4) is 0 Å². The maximum Gasteiger partial charge on any atom is 0.256 e. The Balaban J connectivity index is 2.29. The summed E-state index contributed by atoms with van der Waals surface area (Å²) in [6.07, 6.45) is 0.819. The lowest BCUT2D eigenvalue weighted by Gasteiger charge is -2.12. The Morgan fingerprint density at radius 1 is 1.15 bits per heavy atom. The maximum absolute atomic E-state index is 14.0. The molecule has 2 rings (SSSR count). The fourth-order valence-electron chi connectivity index (χ4n) is 1.46. The Morgan fingerprint density at radius 3 is 2.55 bits per heavy atom. The Morgan fingerprint density at radius 2 is 1.90 bits per heavy atom. The van der Waals surface area contributed by atoms with E-state index in [9.17, 15) is 13.2 Å². The molecule has 0 saturated heterocycles. The molecular weight excluding hydrogens is 271 g/mol. The number of rotatable bonds is 4. The minimum atomic E-state index is -0.852. The van der Waals surface area contributed by atoms with Gasteiger partial charge in [0.2, 0.25) is 5.82 Å². The molecule has 0 aliphatic carbocycles. The summed E-state index contributed by atoms with van der Waals surface area (Å²) in [6, 6.07) is 2.89. The van der Waals surface area contributed by atoms with Crippen molar-refractivity contribution in [1.29, 1.82) is 0 Å². The van der Waals surface area contributed by atoms with Crippen LogP contribution in [0.5, 0.6) is 5.88 Å². The van der Waals surface area contributed by atoms with Gasteiger partial charge in [0.05, 0.1) is 11.8 Å². The minimum absolute atomic E-state index is 0.0977. The predicted octanol–water partition coefficient (Wildman–Crippen LogP) is 3.42.